The fourth-order valence-electron chi connectivity index (χ4n) is 4.65. The fourth-order valence-corrected chi connectivity index (χ4v) is 4.65. The summed E-state index contributed by atoms with van der Waals surface area (Å²) in [5, 5.41) is 0. The summed E-state index contributed by atoms with van der Waals surface area (Å²) in [6.07, 6.45) is 1.34. The number of guanidine groups is 1. The third-order valence-electron chi connectivity index (χ3n) is 6.35. The van der Waals surface area contributed by atoms with Gasteiger partial charge in [-0.2, -0.15) is 0 Å². The molecule has 3 amide bonds. The molecule has 0 aromatic heterocycles. The summed E-state index contributed by atoms with van der Waals surface area (Å²) in [7, 11) is 1.66. The van der Waals surface area contributed by atoms with Gasteiger partial charge in [0.1, 0.15) is 5.82 Å². The molecule has 3 unspecified atom stereocenters. The lowest BCUT2D eigenvalue weighted by molar-refractivity contribution is -0.137. The normalized spacial score (nSPS) is 23.2. The molecule has 0 spiro atoms. The number of nitrogens with zero attached hydrogens (tertiary/aromatic N) is 5. The van der Waals surface area contributed by atoms with Gasteiger partial charge in [0.2, 0.25) is 5.96 Å². The van der Waals surface area contributed by atoms with E-state index in [9.17, 15) is 14.0 Å². The van der Waals surface area contributed by atoms with Gasteiger partial charge in [-0.1, -0.05) is 42.5 Å². The van der Waals surface area contributed by atoms with Crippen LogP contribution >= 0.6 is 0 Å². The molecule has 3 atom stereocenters. The zero-order chi connectivity index (χ0) is 22.6. The topological polar surface area (TPSA) is 59.5 Å². The SMILES string of the molecule is CC1=CN2C(=NC3C2C(=O)N(Cc2ccc(F)cc2)C(=O)N3C)N1C(C)c1ccccc1. The Morgan fingerprint density at radius 3 is 2.44 bits per heavy atom. The van der Waals surface area contributed by atoms with Crippen LogP contribution in [0.25, 0.3) is 0 Å². The van der Waals surface area contributed by atoms with Crippen molar-refractivity contribution in [1.29, 1.82) is 0 Å². The molecule has 0 aliphatic carbocycles. The minimum atomic E-state index is -0.629. The number of allylic oxidation sites excluding steroid dienone is 1. The first-order valence-corrected chi connectivity index (χ1v) is 10.6. The van der Waals surface area contributed by atoms with Crippen LogP contribution in [0.5, 0.6) is 0 Å². The number of carbonyl (C=O) groups excluding carboxylic acids is 2. The molecule has 0 radical (unpaired) electrons. The van der Waals surface area contributed by atoms with E-state index in [0.29, 0.717) is 11.5 Å². The first-order valence-electron chi connectivity index (χ1n) is 10.6. The Hall–Kier alpha value is -3.68. The molecule has 0 saturated carbocycles. The first kappa shape index (κ1) is 20.2. The van der Waals surface area contributed by atoms with E-state index in [4.69, 9.17) is 4.99 Å². The van der Waals surface area contributed by atoms with Crippen LogP contribution in [0.2, 0.25) is 0 Å². The van der Waals surface area contributed by atoms with Crippen molar-refractivity contribution in [2.24, 2.45) is 4.99 Å². The summed E-state index contributed by atoms with van der Waals surface area (Å²) >= 11 is 0. The lowest BCUT2D eigenvalue weighted by atomic mass is 10.1. The summed E-state index contributed by atoms with van der Waals surface area (Å²) in [5.41, 5.74) is 2.80. The summed E-state index contributed by atoms with van der Waals surface area (Å²) in [6.45, 7) is 4.17. The van der Waals surface area contributed by atoms with Gasteiger partial charge in [-0.25, -0.2) is 14.2 Å². The van der Waals surface area contributed by atoms with Gasteiger partial charge in [0.15, 0.2) is 12.2 Å². The number of carbonyl (C=O) groups is 2. The Morgan fingerprint density at radius 1 is 1.06 bits per heavy atom. The quantitative estimate of drug-likeness (QED) is 0.740. The lowest BCUT2D eigenvalue weighted by Gasteiger charge is -2.40. The Bertz CT molecular complexity index is 1130. The predicted octanol–water partition coefficient (Wildman–Crippen LogP) is 3.52. The predicted molar refractivity (Wildman–Crippen MR) is 117 cm³/mol. The fraction of sp³-hybridized carbons (Fsp3) is 0.292. The van der Waals surface area contributed by atoms with Gasteiger partial charge in [0.05, 0.1) is 12.6 Å². The van der Waals surface area contributed by atoms with E-state index in [1.165, 1.54) is 21.9 Å². The van der Waals surface area contributed by atoms with Crippen LogP contribution in [0.4, 0.5) is 9.18 Å². The summed E-state index contributed by atoms with van der Waals surface area (Å²) in [5.74, 6) is 0.00583. The average molecular weight is 433 g/mol. The molecule has 3 aliphatic heterocycles. The summed E-state index contributed by atoms with van der Waals surface area (Å²) in [6, 6.07) is 14.9. The largest absolute Gasteiger partial charge is 0.328 e. The Balaban J connectivity index is 1.44. The number of rotatable bonds is 4. The van der Waals surface area contributed by atoms with E-state index >= 15 is 0 Å². The highest BCUT2D eigenvalue weighted by atomic mass is 19.1. The van der Waals surface area contributed by atoms with Gasteiger partial charge in [-0.3, -0.25) is 9.69 Å². The smallest absolute Gasteiger partial charge is 0.308 e. The number of benzene rings is 2. The number of imide groups is 1. The van der Waals surface area contributed by atoms with Crippen LogP contribution in [0.1, 0.15) is 31.0 Å². The van der Waals surface area contributed by atoms with Crippen molar-refractivity contribution >= 4 is 17.9 Å². The number of urea groups is 1. The van der Waals surface area contributed by atoms with E-state index in [0.717, 1.165) is 11.3 Å². The van der Waals surface area contributed by atoms with Gasteiger partial charge in [0, 0.05) is 18.9 Å². The van der Waals surface area contributed by atoms with Crippen LogP contribution < -0.4 is 0 Å². The second-order valence-corrected chi connectivity index (χ2v) is 8.37. The number of likely N-dealkylation sites (N-methyl/N-ethyl adjacent to an activating group) is 1. The second-order valence-electron chi connectivity index (χ2n) is 8.37. The minimum absolute atomic E-state index is 0.0165. The third kappa shape index (κ3) is 3.05. The number of amides is 3. The molecule has 8 heteroatoms. The highest BCUT2D eigenvalue weighted by Crippen LogP contribution is 2.38. The van der Waals surface area contributed by atoms with Crippen molar-refractivity contribution in [2.75, 3.05) is 7.05 Å². The molecule has 0 N–H and O–H groups in total. The maximum Gasteiger partial charge on any atom is 0.328 e. The van der Waals surface area contributed by atoms with Gasteiger partial charge >= 0.3 is 6.03 Å². The Kier molecular flexibility index (Phi) is 4.73. The van der Waals surface area contributed by atoms with Crippen LogP contribution in [-0.2, 0) is 11.3 Å². The molecular formula is C24H24FN5O2. The average Bonchev–Trinajstić information content (AvgIpc) is 3.31. The van der Waals surface area contributed by atoms with E-state index in [1.807, 2.05) is 36.2 Å². The van der Waals surface area contributed by atoms with Crippen molar-refractivity contribution in [3.8, 4) is 0 Å². The Labute approximate surface area is 186 Å². The van der Waals surface area contributed by atoms with Crippen LogP contribution in [0, 0.1) is 5.82 Å². The molecule has 3 aliphatic rings. The van der Waals surface area contributed by atoms with Crippen LogP contribution in [0.15, 0.2) is 71.5 Å². The number of hydrogen-bond acceptors (Lipinski definition) is 5. The summed E-state index contributed by atoms with van der Waals surface area (Å²) in [4.78, 5) is 38.0. The maximum absolute atomic E-state index is 13.5. The van der Waals surface area contributed by atoms with Gasteiger partial charge in [-0.15, -0.1) is 0 Å². The molecule has 2 aromatic rings. The van der Waals surface area contributed by atoms with Gasteiger partial charge in [0.25, 0.3) is 5.91 Å². The molecule has 7 nitrogen and oxygen atoms in total. The zero-order valence-electron chi connectivity index (χ0n) is 18.1. The monoisotopic (exact) mass is 433 g/mol. The van der Waals surface area contributed by atoms with Crippen molar-refractivity contribution in [3.05, 3.63) is 83.4 Å². The van der Waals surface area contributed by atoms with E-state index in [2.05, 4.69) is 24.0 Å². The first-order chi connectivity index (χ1) is 15.4. The number of halogens is 1. The molecule has 32 heavy (non-hydrogen) atoms. The highest BCUT2D eigenvalue weighted by Gasteiger charge is 2.54. The van der Waals surface area contributed by atoms with E-state index in [1.54, 1.807) is 19.2 Å². The van der Waals surface area contributed by atoms with Gasteiger partial charge < -0.3 is 14.7 Å². The molecule has 3 heterocycles. The second kappa shape index (κ2) is 7.47. The molecule has 1 saturated heterocycles. The molecule has 0 bridgehead atoms. The van der Waals surface area contributed by atoms with Gasteiger partial charge in [-0.05, 0) is 37.1 Å². The molecular weight excluding hydrogens is 409 g/mol. The summed E-state index contributed by atoms with van der Waals surface area (Å²) < 4.78 is 13.3. The van der Waals surface area contributed by atoms with Crippen molar-refractivity contribution in [2.45, 2.75) is 38.6 Å². The number of fused-ring (bicyclic) bond motifs is 3. The van der Waals surface area contributed by atoms with E-state index in [-0.39, 0.29) is 24.3 Å². The third-order valence-corrected chi connectivity index (χ3v) is 6.35. The maximum atomic E-state index is 13.5. The van der Waals surface area contributed by atoms with Crippen LogP contribution in [-0.4, -0.2) is 56.8 Å². The standard InChI is InChI=1S/C24H24FN5O2/c1-15-13-28-20-21(26-23(28)30(15)16(2)18-7-5-4-6-8-18)27(3)24(32)29(22(20)31)14-17-9-11-19(25)12-10-17/h4-13,16,20-21H,14H2,1-3H3. The molecule has 1 fully saturated rings. The number of aliphatic imine (C=N–C) groups is 1. The molecule has 5 rings (SSSR count). The molecule has 164 valence electrons. The van der Waals surface area contributed by atoms with Crippen LogP contribution in [0.3, 0.4) is 0 Å². The highest BCUT2D eigenvalue weighted by molar-refractivity contribution is 6.04. The lowest BCUT2D eigenvalue weighted by Crippen LogP contribution is -2.63. The minimum Gasteiger partial charge on any atom is -0.308 e. The van der Waals surface area contributed by atoms with Crippen molar-refractivity contribution in [3.63, 3.8) is 0 Å². The van der Waals surface area contributed by atoms with Crippen molar-refractivity contribution in [1.82, 2.24) is 19.6 Å². The Morgan fingerprint density at radius 2 is 1.75 bits per heavy atom. The molecule has 2 aromatic carbocycles. The van der Waals surface area contributed by atoms with E-state index < -0.39 is 18.2 Å². The van der Waals surface area contributed by atoms with Crippen molar-refractivity contribution < 1.29 is 14.0 Å². The number of hydrogen-bond donors (Lipinski definition) is 0. The zero-order valence-corrected chi connectivity index (χ0v) is 18.1.